The Bertz CT molecular complexity index is 835. The summed E-state index contributed by atoms with van der Waals surface area (Å²) in [4.78, 5) is 11.1. The average Bonchev–Trinajstić information content (AvgIpc) is 2.83. The number of halogens is 3. The monoisotopic (exact) mass is 405 g/mol. The van der Waals surface area contributed by atoms with E-state index in [0.717, 1.165) is 6.07 Å². The zero-order valence-electron chi connectivity index (χ0n) is 14.6. The molecule has 1 aromatic carbocycles. The van der Waals surface area contributed by atoms with Gasteiger partial charge in [0.2, 0.25) is 15.9 Å². The molecule has 2 aliphatic rings. The minimum atomic E-state index is -3.78. The molecular weight excluding hydrogens is 383 g/mol. The van der Waals surface area contributed by atoms with Crippen molar-refractivity contribution in [1.29, 1.82) is 0 Å². The van der Waals surface area contributed by atoms with Crippen LogP contribution in [0.5, 0.6) is 0 Å². The Labute approximate surface area is 155 Å². The standard InChI is InChI=1S/C17H22F3N3O3S/c18-13-7-15(20)14(19)5-9(13)6-16(21)10-3-11-1-2-12(4-10)23(11)27(25,26)8-17(22)24/h5,7,10-12,16H,1-4,6,8,21H2,(H2,22,24)/t10?,11?,12?,16-/m1/s1. The summed E-state index contributed by atoms with van der Waals surface area (Å²) in [5.74, 6) is -4.95. The van der Waals surface area contributed by atoms with E-state index in [-0.39, 0.29) is 30.0 Å². The molecule has 0 saturated carbocycles. The van der Waals surface area contributed by atoms with E-state index < -0.39 is 45.2 Å². The van der Waals surface area contributed by atoms with Gasteiger partial charge in [0.25, 0.3) is 0 Å². The number of hydrogen-bond donors (Lipinski definition) is 2. The third-order valence-corrected chi connectivity index (χ3v) is 7.39. The first-order valence-corrected chi connectivity index (χ1v) is 10.4. The molecule has 1 aromatic rings. The highest BCUT2D eigenvalue weighted by atomic mass is 32.2. The number of nitrogens with zero attached hydrogens (tertiary/aromatic N) is 1. The number of sulfonamides is 1. The summed E-state index contributed by atoms with van der Waals surface area (Å²) in [5, 5.41) is 0. The number of rotatable bonds is 6. The van der Waals surface area contributed by atoms with Crippen LogP contribution in [-0.4, -0.2) is 42.5 Å². The molecule has 2 heterocycles. The van der Waals surface area contributed by atoms with E-state index in [4.69, 9.17) is 11.5 Å². The molecule has 0 spiro atoms. The van der Waals surface area contributed by atoms with Crippen molar-refractivity contribution in [2.24, 2.45) is 17.4 Å². The number of carbonyl (C=O) groups excluding carboxylic acids is 1. The first kappa shape index (κ1) is 20.1. The summed E-state index contributed by atoms with van der Waals surface area (Å²) in [6.07, 6.45) is 2.29. The van der Waals surface area contributed by atoms with Crippen molar-refractivity contribution >= 4 is 15.9 Å². The Kier molecular flexibility index (Phi) is 5.51. The molecule has 4 N–H and O–H groups in total. The molecular formula is C17H22F3N3O3S. The molecule has 27 heavy (non-hydrogen) atoms. The minimum Gasteiger partial charge on any atom is -0.369 e. The first-order chi connectivity index (χ1) is 12.6. The largest absolute Gasteiger partial charge is 0.369 e. The van der Waals surface area contributed by atoms with Crippen LogP contribution < -0.4 is 11.5 Å². The molecule has 10 heteroatoms. The van der Waals surface area contributed by atoms with E-state index in [1.54, 1.807) is 0 Å². The molecule has 2 bridgehead atoms. The van der Waals surface area contributed by atoms with Crippen LogP contribution >= 0.6 is 0 Å². The summed E-state index contributed by atoms with van der Waals surface area (Å²) in [7, 11) is -3.78. The smallest absolute Gasteiger partial charge is 0.234 e. The van der Waals surface area contributed by atoms with Gasteiger partial charge in [-0.25, -0.2) is 21.6 Å². The quantitative estimate of drug-likeness (QED) is 0.690. The lowest BCUT2D eigenvalue weighted by atomic mass is 9.83. The Morgan fingerprint density at radius 2 is 1.67 bits per heavy atom. The van der Waals surface area contributed by atoms with Crippen LogP contribution in [-0.2, 0) is 21.2 Å². The van der Waals surface area contributed by atoms with E-state index in [9.17, 15) is 26.4 Å². The number of fused-ring (bicyclic) bond motifs is 2. The van der Waals surface area contributed by atoms with Crippen LogP contribution in [0.15, 0.2) is 12.1 Å². The van der Waals surface area contributed by atoms with Crippen molar-refractivity contribution in [2.45, 2.75) is 50.2 Å². The van der Waals surface area contributed by atoms with E-state index in [2.05, 4.69) is 0 Å². The van der Waals surface area contributed by atoms with Gasteiger partial charge in [-0.3, -0.25) is 4.79 Å². The Morgan fingerprint density at radius 1 is 1.11 bits per heavy atom. The highest BCUT2D eigenvalue weighted by Crippen LogP contribution is 2.41. The molecule has 3 rings (SSSR count). The summed E-state index contributed by atoms with van der Waals surface area (Å²) < 4.78 is 66.5. The number of primary amides is 1. The van der Waals surface area contributed by atoms with Crippen LogP contribution in [0.3, 0.4) is 0 Å². The van der Waals surface area contributed by atoms with Crippen LogP contribution in [0.4, 0.5) is 13.2 Å². The van der Waals surface area contributed by atoms with Crippen molar-refractivity contribution in [3.8, 4) is 0 Å². The number of amides is 1. The second-order valence-electron chi connectivity index (χ2n) is 7.39. The lowest BCUT2D eigenvalue weighted by Crippen LogP contribution is -2.51. The second kappa shape index (κ2) is 7.40. The van der Waals surface area contributed by atoms with Gasteiger partial charge in [-0.15, -0.1) is 0 Å². The van der Waals surface area contributed by atoms with Crippen molar-refractivity contribution in [3.05, 3.63) is 35.1 Å². The zero-order valence-corrected chi connectivity index (χ0v) is 15.4. The first-order valence-electron chi connectivity index (χ1n) is 8.77. The number of piperidine rings is 1. The molecule has 1 amide bonds. The molecule has 0 radical (unpaired) electrons. The maximum Gasteiger partial charge on any atom is 0.234 e. The fraction of sp³-hybridized carbons (Fsp3) is 0.588. The normalized spacial score (nSPS) is 26.9. The van der Waals surface area contributed by atoms with Crippen molar-refractivity contribution in [3.63, 3.8) is 0 Å². The van der Waals surface area contributed by atoms with Crippen molar-refractivity contribution in [2.75, 3.05) is 5.75 Å². The predicted molar refractivity (Wildman–Crippen MR) is 92.3 cm³/mol. The van der Waals surface area contributed by atoms with E-state index >= 15 is 0 Å². The van der Waals surface area contributed by atoms with E-state index in [1.807, 2.05) is 0 Å². The molecule has 2 fully saturated rings. The third kappa shape index (κ3) is 4.12. The van der Waals surface area contributed by atoms with Gasteiger partial charge < -0.3 is 11.5 Å². The van der Waals surface area contributed by atoms with Crippen molar-refractivity contribution < 1.29 is 26.4 Å². The zero-order chi connectivity index (χ0) is 19.9. The molecule has 3 atom stereocenters. The molecule has 2 aliphatic heterocycles. The van der Waals surface area contributed by atoms with Crippen LogP contribution in [0.2, 0.25) is 0 Å². The lowest BCUT2D eigenvalue weighted by molar-refractivity contribution is -0.115. The van der Waals surface area contributed by atoms with Gasteiger partial charge in [-0.2, -0.15) is 4.31 Å². The van der Waals surface area contributed by atoms with E-state index in [0.29, 0.717) is 31.7 Å². The predicted octanol–water partition coefficient (Wildman–Crippen LogP) is 1.03. The molecule has 2 saturated heterocycles. The number of carbonyl (C=O) groups is 1. The Morgan fingerprint density at radius 3 is 2.22 bits per heavy atom. The summed E-state index contributed by atoms with van der Waals surface area (Å²) in [6.45, 7) is 0. The molecule has 6 nitrogen and oxygen atoms in total. The van der Waals surface area contributed by atoms with Gasteiger partial charge in [0.05, 0.1) is 0 Å². The fourth-order valence-corrected chi connectivity index (χ4v) is 6.18. The molecule has 0 aliphatic carbocycles. The SMILES string of the molecule is NC(=O)CS(=O)(=O)N1C2CCC1CC([C@H](N)Cc1cc(F)c(F)cc1F)C2. The van der Waals surface area contributed by atoms with Gasteiger partial charge in [-0.05, 0) is 49.7 Å². The maximum atomic E-state index is 13.9. The van der Waals surface area contributed by atoms with Gasteiger partial charge in [-0.1, -0.05) is 0 Å². The second-order valence-corrected chi connectivity index (χ2v) is 9.27. The van der Waals surface area contributed by atoms with Crippen LogP contribution in [0.25, 0.3) is 0 Å². The fourth-order valence-electron chi connectivity index (χ4n) is 4.37. The topological polar surface area (TPSA) is 106 Å². The van der Waals surface area contributed by atoms with Gasteiger partial charge in [0.1, 0.15) is 11.6 Å². The van der Waals surface area contributed by atoms with Crippen molar-refractivity contribution in [1.82, 2.24) is 4.31 Å². The summed E-state index contributed by atoms with van der Waals surface area (Å²) in [5.41, 5.74) is 11.2. The van der Waals surface area contributed by atoms with Crippen LogP contribution in [0.1, 0.15) is 31.2 Å². The maximum absolute atomic E-state index is 13.9. The van der Waals surface area contributed by atoms with Gasteiger partial charge in [0, 0.05) is 24.2 Å². The Hall–Kier alpha value is -1.65. The van der Waals surface area contributed by atoms with Crippen LogP contribution in [0, 0.1) is 23.4 Å². The lowest BCUT2D eigenvalue weighted by Gasteiger charge is -2.39. The summed E-state index contributed by atoms with van der Waals surface area (Å²) >= 11 is 0. The van der Waals surface area contributed by atoms with Gasteiger partial charge in [0.15, 0.2) is 11.6 Å². The number of benzene rings is 1. The van der Waals surface area contributed by atoms with Gasteiger partial charge >= 0.3 is 0 Å². The highest BCUT2D eigenvalue weighted by Gasteiger charge is 2.47. The number of nitrogens with two attached hydrogens (primary N) is 2. The Balaban J connectivity index is 1.71. The minimum absolute atomic E-state index is 0.00229. The molecule has 0 aromatic heterocycles. The third-order valence-electron chi connectivity index (χ3n) is 5.50. The number of hydrogen-bond acceptors (Lipinski definition) is 4. The summed E-state index contributed by atoms with van der Waals surface area (Å²) in [6, 6.07) is 0.234. The average molecular weight is 405 g/mol. The molecule has 2 unspecified atom stereocenters. The van der Waals surface area contributed by atoms with E-state index in [1.165, 1.54) is 4.31 Å². The highest BCUT2D eigenvalue weighted by molar-refractivity contribution is 7.89. The molecule has 150 valence electrons.